The molecule has 1 saturated carbocycles. The van der Waals surface area contributed by atoms with Crippen LogP contribution in [-0.2, 0) is 14.3 Å². The van der Waals surface area contributed by atoms with E-state index in [1.165, 1.54) is 0 Å². The summed E-state index contributed by atoms with van der Waals surface area (Å²) >= 11 is 0. The van der Waals surface area contributed by atoms with Crippen LogP contribution in [-0.4, -0.2) is 24.8 Å². The molecule has 128 valence electrons. The van der Waals surface area contributed by atoms with Gasteiger partial charge in [-0.25, -0.2) is 0 Å². The predicted molar refractivity (Wildman–Crippen MR) is 90.9 cm³/mol. The molecule has 0 N–H and O–H groups in total. The molecule has 1 saturated heterocycles. The lowest BCUT2D eigenvalue weighted by atomic mass is 9.68. The van der Waals surface area contributed by atoms with Gasteiger partial charge in [0.2, 0.25) is 0 Å². The summed E-state index contributed by atoms with van der Waals surface area (Å²) in [6.45, 7) is 14.0. The van der Waals surface area contributed by atoms with Crippen LogP contribution in [0.4, 0.5) is 0 Å². The van der Waals surface area contributed by atoms with Crippen LogP contribution in [0.2, 0.25) is 0 Å². The van der Waals surface area contributed by atoms with Crippen LogP contribution in [0.5, 0.6) is 0 Å². The molecule has 1 spiro atoms. The van der Waals surface area contributed by atoms with E-state index in [9.17, 15) is 4.79 Å². The number of carbonyl (C=O) groups excluding carboxylic acids is 1. The second-order valence-electron chi connectivity index (χ2n) is 8.40. The first kappa shape index (κ1) is 16.9. The highest BCUT2D eigenvalue weighted by atomic mass is 16.7. The molecule has 3 nitrogen and oxygen atoms in total. The maximum absolute atomic E-state index is 13.0. The lowest BCUT2D eigenvalue weighted by Crippen LogP contribution is -2.32. The van der Waals surface area contributed by atoms with Gasteiger partial charge in [-0.15, -0.1) is 6.58 Å². The zero-order valence-corrected chi connectivity index (χ0v) is 15.0. The van der Waals surface area contributed by atoms with Gasteiger partial charge in [0.25, 0.3) is 0 Å². The van der Waals surface area contributed by atoms with E-state index in [4.69, 9.17) is 9.47 Å². The standard InChI is InChI=1S/C20H30O3/c1-6-7-18(4)8-9-19(5)15(14(2)3)13-20(22-10-11-23-20)16(19)12-17(18)21/h6,12,14-15H,1,7-11,13H2,2-5H3/t15-,18+,19-/m1/s1. The number of ketones is 1. The average Bonchev–Trinajstić information content (AvgIpc) is 3.02. The van der Waals surface area contributed by atoms with Crippen molar-refractivity contribution in [2.24, 2.45) is 22.7 Å². The molecule has 3 heteroatoms. The fraction of sp³-hybridized carbons (Fsp3) is 0.750. The first-order valence-electron chi connectivity index (χ1n) is 8.93. The van der Waals surface area contributed by atoms with Crippen LogP contribution in [0.3, 0.4) is 0 Å². The monoisotopic (exact) mass is 318 g/mol. The Bertz CT molecular complexity index is 541. The highest BCUT2D eigenvalue weighted by molar-refractivity contribution is 5.96. The zero-order chi connectivity index (χ0) is 16.9. The summed E-state index contributed by atoms with van der Waals surface area (Å²) < 4.78 is 12.2. The van der Waals surface area contributed by atoms with E-state index in [2.05, 4.69) is 34.3 Å². The number of hydrogen-bond acceptors (Lipinski definition) is 3. The van der Waals surface area contributed by atoms with E-state index < -0.39 is 5.79 Å². The molecule has 2 aliphatic carbocycles. The van der Waals surface area contributed by atoms with Gasteiger partial charge in [0.1, 0.15) is 0 Å². The molecule has 0 unspecified atom stereocenters. The van der Waals surface area contributed by atoms with Gasteiger partial charge in [0.15, 0.2) is 11.6 Å². The number of rotatable bonds is 3. The van der Waals surface area contributed by atoms with Crippen molar-refractivity contribution in [1.82, 2.24) is 0 Å². The molecule has 0 amide bonds. The lowest BCUT2D eigenvalue weighted by Gasteiger charge is -2.36. The van der Waals surface area contributed by atoms with E-state index in [1.54, 1.807) is 0 Å². The predicted octanol–water partition coefficient (Wildman–Crippen LogP) is 4.28. The number of hydrogen-bond donors (Lipinski definition) is 0. The molecule has 1 heterocycles. The van der Waals surface area contributed by atoms with Gasteiger partial charge in [-0.3, -0.25) is 4.79 Å². The van der Waals surface area contributed by atoms with Crippen molar-refractivity contribution in [3.05, 3.63) is 24.3 Å². The summed E-state index contributed by atoms with van der Waals surface area (Å²) in [4.78, 5) is 13.0. The van der Waals surface area contributed by atoms with Crippen molar-refractivity contribution >= 4 is 5.78 Å². The fourth-order valence-corrected chi connectivity index (χ4v) is 5.04. The van der Waals surface area contributed by atoms with Gasteiger partial charge in [-0.1, -0.05) is 33.8 Å². The second kappa shape index (κ2) is 5.56. The third-order valence-electron chi connectivity index (χ3n) is 6.55. The minimum atomic E-state index is -0.654. The summed E-state index contributed by atoms with van der Waals surface area (Å²) in [5, 5.41) is 0. The fourth-order valence-electron chi connectivity index (χ4n) is 5.04. The Hall–Kier alpha value is -0.930. The normalized spacial score (nSPS) is 39.4. The summed E-state index contributed by atoms with van der Waals surface area (Å²) in [5.74, 6) is 0.567. The Balaban J connectivity index is 2.09. The summed E-state index contributed by atoms with van der Waals surface area (Å²) in [6, 6.07) is 0. The molecule has 0 aromatic heterocycles. The van der Waals surface area contributed by atoms with Crippen LogP contribution in [0.25, 0.3) is 0 Å². The number of carbonyl (C=O) groups is 1. The first-order valence-corrected chi connectivity index (χ1v) is 8.93. The van der Waals surface area contributed by atoms with Crippen LogP contribution in [0.1, 0.15) is 53.4 Å². The molecule has 0 aromatic carbocycles. The largest absolute Gasteiger partial charge is 0.344 e. The number of ether oxygens (including phenoxy) is 2. The average molecular weight is 318 g/mol. The first-order chi connectivity index (χ1) is 10.8. The quantitative estimate of drug-likeness (QED) is 0.728. The Morgan fingerprint density at radius 3 is 2.52 bits per heavy atom. The molecule has 3 aliphatic rings. The molecule has 3 rings (SSSR count). The molecule has 1 aliphatic heterocycles. The van der Waals surface area contributed by atoms with Gasteiger partial charge in [0.05, 0.1) is 13.2 Å². The Labute approximate surface area is 140 Å². The van der Waals surface area contributed by atoms with E-state index in [-0.39, 0.29) is 16.6 Å². The van der Waals surface area contributed by atoms with Gasteiger partial charge in [0, 0.05) is 11.8 Å². The van der Waals surface area contributed by atoms with Gasteiger partial charge in [-0.05, 0) is 48.2 Å². The highest BCUT2D eigenvalue weighted by Crippen LogP contribution is 2.62. The highest BCUT2D eigenvalue weighted by Gasteiger charge is 2.61. The molecule has 23 heavy (non-hydrogen) atoms. The molecular weight excluding hydrogens is 288 g/mol. The van der Waals surface area contributed by atoms with Gasteiger partial charge < -0.3 is 9.47 Å². The third-order valence-corrected chi connectivity index (χ3v) is 6.55. The maximum Gasteiger partial charge on any atom is 0.192 e. The van der Waals surface area contributed by atoms with E-state index in [0.717, 1.165) is 31.3 Å². The van der Waals surface area contributed by atoms with E-state index in [0.29, 0.717) is 25.0 Å². The van der Waals surface area contributed by atoms with Gasteiger partial charge >= 0.3 is 0 Å². The molecule has 0 aromatic rings. The second-order valence-corrected chi connectivity index (χ2v) is 8.40. The third kappa shape index (κ3) is 2.44. The summed E-state index contributed by atoms with van der Waals surface area (Å²) in [6.07, 6.45) is 7.26. The maximum atomic E-state index is 13.0. The van der Waals surface area contributed by atoms with E-state index >= 15 is 0 Å². The van der Waals surface area contributed by atoms with Crippen LogP contribution >= 0.6 is 0 Å². The smallest absolute Gasteiger partial charge is 0.192 e. The molecular formula is C20H30O3. The molecule has 2 fully saturated rings. The lowest BCUT2D eigenvalue weighted by molar-refractivity contribution is -0.129. The SMILES string of the molecule is C=CC[C@@]1(C)CC[C@@]2(C)C(=CC1=O)C1(C[C@@H]2C(C)C)OCCO1. The Morgan fingerprint density at radius 1 is 1.30 bits per heavy atom. The molecule has 0 bridgehead atoms. The topological polar surface area (TPSA) is 35.5 Å². The summed E-state index contributed by atoms with van der Waals surface area (Å²) in [5.41, 5.74) is 0.732. The van der Waals surface area contributed by atoms with Crippen LogP contribution in [0.15, 0.2) is 24.3 Å². The van der Waals surface area contributed by atoms with Crippen LogP contribution in [0, 0.1) is 22.7 Å². The molecule has 0 radical (unpaired) electrons. The Kier molecular flexibility index (Phi) is 4.09. The van der Waals surface area contributed by atoms with Gasteiger partial charge in [-0.2, -0.15) is 0 Å². The van der Waals surface area contributed by atoms with Crippen molar-refractivity contribution in [3.63, 3.8) is 0 Å². The number of fused-ring (bicyclic) bond motifs is 2. The van der Waals surface area contributed by atoms with E-state index in [1.807, 2.05) is 12.2 Å². The van der Waals surface area contributed by atoms with Crippen molar-refractivity contribution in [2.45, 2.75) is 59.2 Å². The van der Waals surface area contributed by atoms with Crippen molar-refractivity contribution in [3.8, 4) is 0 Å². The summed E-state index contributed by atoms with van der Waals surface area (Å²) in [7, 11) is 0. The van der Waals surface area contributed by atoms with Crippen molar-refractivity contribution in [1.29, 1.82) is 0 Å². The van der Waals surface area contributed by atoms with Crippen LogP contribution < -0.4 is 0 Å². The van der Waals surface area contributed by atoms with Crippen molar-refractivity contribution < 1.29 is 14.3 Å². The minimum absolute atomic E-state index is 0.0207. The van der Waals surface area contributed by atoms with Crippen molar-refractivity contribution in [2.75, 3.05) is 13.2 Å². The number of allylic oxidation sites excluding steroid dienone is 2. The zero-order valence-electron chi connectivity index (χ0n) is 15.0. The Morgan fingerprint density at radius 2 is 1.96 bits per heavy atom. The minimum Gasteiger partial charge on any atom is -0.344 e. The molecule has 3 atom stereocenters.